The van der Waals surface area contributed by atoms with Crippen molar-refractivity contribution < 1.29 is 27.4 Å². The highest BCUT2D eigenvalue weighted by molar-refractivity contribution is 5.72. The van der Waals surface area contributed by atoms with Crippen molar-refractivity contribution in [2.24, 2.45) is 15.3 Å². The predicted molar refractivity (Wildman–Crippen MR) is 96.5 cm³/mol. The van der Waals surface area contributed by atoms with Crippen molar-refractivity contribution in [1.29, 1.82) is 0 Å². The Labute approximate surface area is 163 Å². The Morgan fingerprint density at radius 1 is 1.17 bits per heavy atom. The third kappa shape index (κ3) is 6.82. The summed E-state index contributed by atoms with van der Waals surface area (Å²) in [5.41, 5.74) is 8.93. The molecule has 0 amide bonds. The Morgan fingerprint density at radius 2 is 1.90 bits per heavy atom. The smallest absolute Gasteiger partial charge is 0.416 e. The molecular weight excluding hydrogens is 391 g/mol. The van der Waals surface area contributed by atoms with Crippen LogP contribution in [0.5, 0.6) is 5.75 Å². The maximum Gasteiger partial charge on any atom is 0.416 e. The molecule has 0 radical (unpaired) electrons. The second kappa shape index (κ2) is 10.1. The third-order valence-electron chi connectivity index (χ3n) is 3.63. The fourth-order valence-electron chi connectivity index (χ4n) is 2.29. The zero-order valence-corrected chi connectivity index (χ0v) is 15.3. The number of carbonyl (C=O) groups is 1. The largest absolute Gasteiger partial charge is 0.487 e. The molecule has 0 saturated carbocycles. The van der Waals surface area contributed by atoms with Gasteiger partial charge < -0.3 is 9.47 Å². The van der Waals surface area contributed by atoms with E-state index in [0.717, 1.165) is 12.1 Å². The maximum atomic E-state index is 12.6. The highest BCUT2D eigenvalue weighted by Crippen LogP contribution is 2.29. The van der Waals surface area contributed by atoms with Crippen molar-refractivity contribution >= 4 is 11.7 Å². The fraction of sp³-hybridized carbons (Fsp3) is 0.278. The average Bonchev–Trinajstić information content (AvgIpc) is 2.67. The van der Waals surface area contributed by atoms with Crippen LogP contribution in [0.4, 0.5) is 18.9 Å². The Bertz CT molecular complexity index is 923. The zero-order valence-electron chi connectivity index (χ0n) is 15.3. The van der Waals surface area contributed by atoms with Gasteiger partial charge in [0, 0.05) is 23.6 Å². The number of carbonyl (C=O) groups excluding carboxylic acids is 1. The molecule has 0 aliphatic heterocycles. The van der Waals surface area contributed by atoms with Gasteiger partial charge in [-0.05, 0) is 35.4 Å². The number of hydrogen-bond acceptors (Lipinski definition) is 6. The first kappa shape index (κ1) is 21.7. The van der Waals surface area contributed by atoms with Crippen LogP contribution in [0.3, 0.4) is 0 Å². The van der Waals surface area contributed by atoms with Crippen molar-refractivity contribution in [3.63, 3.8) is 0 Å². The summed E-state index contributed by atoms with van der Waals surface area (Å²) in [5, 5.41) is 10.8. The third-order valence-corrected chi connectivity index (χ3v) is 3.63. The van der Waals surface area contributed by atoms with Gasteiger partial charge in [0.1, 0.15) is 12.4 Å². The molecular formula is C18H16F3N5O3. The lowest BCUT2D eigenvalue weighted by molar-refractivity contribution is -0.144. The van der Waals surface area contributed by atoms with E-state index in [0.29, 0.717) is 22.6 Å². The summed E-state index contributed by atoms with van der Waals surface area (Å²) in [5.74, 6) is -0.326. The summed E-state index contributed by atoms with van der Waals surface area (Å²) in [6, 6.07) is 9.05. The molecule has 29 heavy (non-hydrogen) atoms. The van der Waals surface area contributed by atoms with Gasteiger partial charge in [-0.2, -0.15) is 23.4 Å². The second-order valence-electron chi connectivity index (χ2n) is 5.63. The first-order valence-electron chi connectivity index (χ1n) is 8.21. The second-order valence-corrected chi connectivity index (χ2v) is 5.63. The van der Waals surface area contributed by atoms with Crippen LogP contribution < -0.4 is 4.74 Å². The number of azo groups is 1. The van der Waals surface area contributed by atoms with Gasteiger partial charge in [0.15, 0.2) is 6.73 Å². The minimum atomic E-state index is -4.44. The first-order chi connectivity index (χ1) is 13.8. The molecule has 0 aliphatic rings. The number of rotatable bonds is 8. The first-order valence-corrected chi connectivity index (χ1v) is 8.21. The van der Waals surface area contributed by atoms with Gasteiger partial charge in [0.25, 0.3) is 0 Å². The monoisotopic (exact) mass is 407 g/mol. The maximum absolute atomic E-state index is 12.6. The van der Waals surface area contributed by atoms with Gasteiger partial charge >= 0.3 is 12.1 Å². The average molecular weight is 407 g/mol. The summed E-state index contributed by atoms with van der Waals surface area (Å²) in [6.45, 7) is -0.412. The quantitative estimate of drug-likeness (QED) is 0.254. The summed E-state index contributed by atoms with van der Waals surface area (Å²) < 4.78 is 48.2. The van der Waals surface area contributed by atoms with Crippen LogP contribution in [-0.4, -0.2) is 19.7 Å². The summed E-state index contributed by atoms with van der Waals surface area (Å²) in [7, 11) is 1.50. The number of esters is 1. The minimum absolute atomic E-state index is 0.144. The van der Waals surface area contributed by atoms with Crippen LogP contribution in [0.2, 0.25) is 0 Å². The van der Waals surface area contributed by atoms with Crippen LogP contribution >= 0.6 is 0 Å². The lowest BCUT2D eigenvalue weighted by Crippen LogP contribution is -2.10. The lowest BCUT2D eigenvalue weighted by atomic mass is 10.1. The molecule has 8 nitrogen and oxygen atoms in total. The van der Waals surface area contributed by atoms with Crippen molar-refractivity contribution in [3.05, 3.63) is 69.6 Å². The van der Waals surface area contributed by atoms with Gasteiger partial charge in [-0.1, -0.05) is 17.2 Å². The Morgan fingerprint density at radius 3 is 2.52 bits per heavy atom. The summed E-state index contributed by atoms with van der Waals surface area (Å²) in [6.07, 6.45) is -4.62. The highest BCUT2D eigenvalue weighted by atomic mass is 19.4. The molecule has 0 atom stereocenters. The Kier molecular flexibility index (Phi) is 7.55. The van der Waals surface area contributed by atoms with Crippen LogP contribution in [0.25, 0.3) is 10.4 Å². The number of azide groups is 1. The molecule has 0 aliphatic carbocycles. The summed E-state index contributed by atoms with van der Waals surface area (Å²) >= 11 is 0. The molecule has 0 saturated heterocycles. The van der Waals surface area contributed by atoms with Crippen molar-refractivity contribution in [1.82, 2.24) is 0 Å². The molecule has 11 heteroatoms. The highest BCUT2D eigenvalue weighted by Gasteiger charge is 2.30. The van der Waals surface area contributed by atoms with E-state index in [-0.39, 0.29) is 19.8 Å². The molecule has 152 valence electrons. The van der Waals surface area contributed by atoms with Gasteiger partial charge in [-0.3, -0.25) is 4.79 Å². The molecule has 0 N–H and O–H groups in total. The van der Waals surface area contributed by atoms with Crippen LogP contribution in [0.15, 0.2) is 57.8 Å². The normalized spacial score (nSPS) is 11.2. The van der Waals surface area contributed by atoms with E-state index in [2.05, 4.69) is 20.3 Å². The van der Waals surface area contributed by atoms with Crippen molar-refractivity contribution in [2.45, 2.75) is 19.2 Å². The van der Waals surface area contributed by atoms with Crippen LogP contribution in [-0.2, 0) is 28.7 Å². The van der Waals surface area contributed by atoms with E-state index in [4.69, 9.17) is 15.0 Å². The number of alkyl halides is 3. The van der Waals surface area contributed by atoms with Crippen molar-refractivity contribution in [3.8, 4) is 5.75 Å². The topological polar surface area (TPSA) is 109 Å². The number of ether oxygens (including phenoxy) is 2. The molecule has 0 bridgehead atoms. The fourth-order valence-corrected chi connectivity index (χ4v) is 2.29. The Balaban J connectivity index is 2.02. The van der Waals surface area contributed by atoms with Gasteiger partial charge in [0.05, 0.1) is 17.7 Å². The molecule has 2 aromatic carbocycles. The van der Waals surface area contributed by atoms with E-state index in [1.54, 1.807) is 18.2 Å². The lowest BCUT2D eigenvalue weighted by Gasteiger charge is -2.11. The molecule has 2 rings (SSSR count). The van der Waals surface area contributed by atoms with E-state index < -0.39 is 17.7 Å². The van der Waals surface area contributed by atoms with E-state index in [1.165, 1.54) is 19.2 Å². The molecule has 0 unspecified atom stereocenters. The SMILES string of the molecule is CN=Nc1ccc(COC(=O)Cc2ccc(C(F)(F)F)cc2)c(OCN=[N+]=[N-])c1. The molecule has 0 aromatic heterocycles. The molecule has 0 heterocycles. The van der Waals surface area contributed by atoms with Gasteiger partial charge in [0.2, 0.25) is 0 Å². The van der Waals surface area contributed by atoms with Crippen molar-refractivity contribution in [2.75, 3.05) is 13.8 Å². The number of benzene rings is 2. The number of hydrogen-bond donors (Lipinski definition) is 0. The van der Waals surface area contributed by atoms with E-state index in [9.17, 15) is 18.0 Å². The van der Waals surface area contributed by atoms with Crippen LogP contribution in [0.1, 0.15) is 16.7 Å². The Hall–Kier alpha value is -3.59. The predicted octanol–water partition coefficient (Wildman–Crippen LogP) is 5.35. The summed E-state index contributed by atoms with van der Waals surface area (Å²) in [4.78, 5) is 14.6. The van der Waals surface area contributed by atoms with E-state index >= 15 is 0 Å². The standard InChI is InChI=1S/C18H16F3N5O3/c1-23-25-15-7-4-13(16(9-15)29-11-24-26-22)10-28-17(27)8-12-2-5-14(6-3-12)18(19,20)21/h2-7,9H,8,10-11H2,1H3. The molecule has 0 fully saturated rings. The van der Waals surface area contributed by atoms with Crippen LogP contribution in [0, 0.1) is 0 Å². The molecule has 0 spiro atoms. The minimum Gasteiger partial charge on any atom is -0.487 e. The van der Waals surface area contributed by atoms with E-state index in [1.807, 2.05) is 0 Å². The van der Waals surface area contributed by atoms with Gasteiger partial charge in [-0.25, -0.2) is 0 Å². The number of halogens is 3. The zero-order chi connectivity index (χ0) is 21.3. The van der Waals surface area contributed by atoms with Gasteiger partial charge in [-0.15, -0.1) is 0 Å². The molecule has 2 aromatic rings. The number of nitrogens with zero attached hydrogens (tertiary/aromatic N) is 5.